The molecule has 0 aromatic heterocycles. The molecule has 2 aromatic carbocycles. The van der Waals surface area contributed by atoms with E-state index in [1.807, 2.05) is 60.7 Å². The molecule has 18 heavy (non-hydrogen) atoms. The topological polar surface area (TPSA) is 59.0 Å². The first-order chi connectivity index (χ1) is 8.78. The first kappa shape index (κ1) is 12.2. The summed E-state index contributed by atoms with van der Waals surface area (Å²) >= 11 is 0. The van der Waals surface area contributed by atoms with Gasteiger partial charge in [-0.3, -0.25) is 0 Å². The van der Waals surface area contributed by atoms with Gasteiger partial charge in [-0.15, -0.1) is 0 Å². The third kappa shape index (κ3) is 3.34. The van der Waals surface area contributed by atoms with Crippen LogP contribution in [0.15, 0.2) is 54.6 Å². The molecule has 0 saturated heterocycles. The molecule has 2 rings (SSSR count). The van der Waals surface area contributed by atoms with Crippen LogP contribution < -0.4 is 10.5 Å². The highest BCUT2D eigenvalue weighted by molar-refractivity contribution is 5.33. The standard InChI is InChI=1S/C15H14N2O/c16-11-13(17)10-12-6-8-15(9-7-12)18-14-4-2-1-3-5-14/h1-9,13H,10,17H2. The molecule has 0 saturated carbocycles. The van der Waals surface area contributed by atoms with Crippen molar-refractivity contribution in [3.63, 3.8) is 0 Å². The smallest absolute Gasteiger partial charge is 0.127 e. The van der Waals surface area contributed by atoms with Crippen molar-refractivity contribution in [2.75, 3.05) is 0 Å². The number of benzene rings is 2. The molecule has 2 aromatic rings. The summed E-state index contributed by atoms with van der Waals surface area (Å²) in [5, 5.41) is 8.65. The van der Waals surface area contributed by atoms with Gasteiger partial charge in [-0.1, -0.05) is 30.3 Å². The summed E-state index contributed by atoms with van der Waals surface area (Å²) in [5.74, 6) is 1.58. The van der Waals surface area contributed by atoms with Gasteiger partial charge in [-0.25, -0.2) is 0 Å². The van der Waals surface area contributed by atoms with Gasteiger partial charge in [0.25, 0.3) is 0 Å². The van der Waals surface area contributed by atoms with Gasteiger partial charge < -0.3 is 10.5 Å². The molecule has 0 amide bonds. The van der Waals surface area contributed by atoms with Crippen LogP contribution in [0.25, 0.3) is 0 Å². The van der Waals surface area contributed by atoms with Gasteiger partial charge in [0, 0.05) is 6.42 Å². The van der Waals surface area contributed by atoms with Crippen molar-refractivity contribution in [3.8, 4) is 17.6 Å². The fourth-order valence-electron chi connectivity index (χ4n) is 1.62. The molecule has 0 aliphatic rings. The summed E-state index contributed by atoms with van der Waals surface area (Å²) in [4.78, 5) is 0. The molecule has 0 aliphatic carbocycles. The second-order valence-electron chi connectivity index (χ2n) is 4.00. The average molecular weight is 238 g/mol. The summed E-state index contributed by atoms with van der Waals surface area (Å²) in [5.41, 5.74) is 6.61. The summed E-state index contributed by atoms with van der Waals surface area (Å²) in [6, 6.07) is 18.8. The Morgan fingerprint density at radius 1 is 1.00 bits per heavy atom. The maximum Gasteiger partial charge on any atom is 0.127 e. The van der Waals surface area contributed by atoms with Crippen LogP contribution in [0.3, 0.4) is 0 Å². The highest BCUT2D eigenvalue weighted by Crippen LogP contribution is 2.21. The predicted octanol–water partition coefficient (Wildman–Crippen LogP) is 2.87. The number of hydrogen-bond donors (Lipinski definition) is 1. The number of rotatable bonds is 4. The number of nitriles is 1. The molecule has 3 heteroatoms. The van der Waals surface area contributed by atoms with E-state index in [4.69, 9.17) is 15.7 Å². The SMILES string of the molecule is N#CC(N)Cc1ccc(Oc2ccccc2)cc1. The van der Waals surface area contributed by atoms with Gasteiger partial charge >= 0.3 is 0 Å². The van der Waals surface area contributed by atoms with Crippen LogP contribution in [0.1, 0.15) is 5.56 Å². The van der Waals surface area contributed by atoms with E-state index >= 15 is 0 Å². The lowest BCUT2D eigenvalue weighted by Gasteiger charge is -2.07. The van der Waals surface area contributed by atoms with Crippen molar-refractivity contribution in [2.24, 2.45) is 5.73 Å². The van der Waals surface area contributed by atoms with Crippen molar-refractivity contribution in [1.29, 1.82) is 5.26 Å². The molecule has 3 nitrogen and oxygen atoms in total. The highest BCUT2D eigenvalue weighted by Gasteiger charge is 2.02. The molecule has 0 heterocycles. The minimum atomic E-state index is -0.453. The van der Waals surface area contributed by atoms with Crippen LogP contribution in [0.4, 0.5) is 0 Å². The van der Waals surface area contributed by atoms with Gasteiger partial charge in [0.2, 0.25) is 0 Å². The largest absolute Gasteiger partial charge is 0.457 e. The van der Waals surface area contributed by atoms with Crippen LogP contribution in [0.2, 0.25) is 0 Å². The van der Waals surface area contributed by atoms with Gasteiger partial charge in [0.05, 0.1) is 12.1 Å². The third-order valence-corrected chi connectivity index (χ3v) is 2.52. The molecule has 1 atom stereocenters. The quantitative estimate of drug-likeness (QED) is 0.891. The van der Waals surface area contributed by atoms with Crippen molar-refractivity contribution in [3.05, 3.63) is 60.2 Å². The molecule has 1 unspecified atom stereocenters. The second kappa shape index (κ2) is 5.85. The van der Waals surface area contributed by atoms with E-state index in [0.717, 1.165) is 17.1 Å². The number of ether oxygens (including phenoxy) is 1. The molecule has 0 spiro atoms. The summed E-state index contributed by atoms with van der Waals surface area (Å²) in [7, 11) is 0. The molecule has 2 N–H and O–H groups in total. The third-order valence-electron chi connectivity index (χ3n) is 2.52. The van der Waals surface area contributed by atoms with E-state index in [9.17, 15) is 0 Å². The second-order valence-corrected chi connectivity index (χ2v) is 4.00. The zero-order chi connectivity index (χ0) is 12.8. The highest BCUT2D eigenvalue weighted by atomic mass is 16.5. The Labute approximate surface area is 106 Å². The lowest BCUT2D eigenvalue weighted by molar-refractivity contribution is 0.482. The zero-order valence-corrected chi connectivity index (χ0v) is 9.91. The first-order valence-corrected chi connectivity index (χ1v) is 5.75. The van der Waals surface area contributed by atoms with Crippen LogP contribution in [-0.2, 0) is 6.42 Å². The summed E-state index contributed by atoms with van der Waals surface area (Å²) in [6.07, 6.45) is 0.558. The van der Waals surface area contributed by atoms with Crippen molar-refractivity contribution in [1.82, 2.24) is 0 Å². The first-order valence-electron chi connectivity index (χ1n) is 5.75. The Bertz CT molecular complexity index is 529. The van der Waals surface area contributed by atoms with Crippen molar-refractivity contribution in [2.45, 2.75) is 12.5 Å². The summed E-state index contributed by atoms with van der Waals surface area (Å²) in [6.45, 7) is 0. The van der Waals surface area contributed by atoms with Crippen LogP contribution >= 0.6 is 0 Å². The maximum absolute atomic E-state index is 8.65. The van der Waals surface area contributed by atoms with E-state index in [-0.39, 0.29) is 0 Å². The van der Waals surface area contributed by atoms with Gasteiger partial charge in [-0.05, 0) is 29.8 Å². The Morgan fingerprint density at radius 3 is 2.22 bits per heavy atom. The molecular formula is C15H14N2O. The lowest BCUT2D eigenvalue weighted by atomic mass is 10.1. The monoisotopic (exact) mass is 238 g/mol. The van der Waals surface area contributed by atoms with E-state index in [0.29, 0.717) is 6.42 Å². The molecule has 90 valence electrons. The minimum absolute atomic E-state index is 0.453. The fraction of sp³-hybridized carbons (Fsp3) is 0.133. The van der Waals surface area contributed by atoms with Crippen LogP contribution in [0.5, 0.6) is 11.5 Å². The Hall–Kier alpha value is -2.31. The van der Waals surface area contributed by atoms with E-state index < -0.39 is 6.04 Å². The minimum Gasteiger partial charge on any atom is -0.457 e. The van der Waals surface area contributed by atoms with Crippen LogP contribution in [-0.4, -0.2) is 6.04 Å². The molecule has 0 aliphatic heterocycles. The number of hydrogen-bond acceptors (Lipinski definition) is 3. The van der Waals surface area contributed by atoms with Crippen molar-refractivity contribution >= 4 is 0 Å². The van der Waals surface area contributed by atoms with E-state index in [1.165, 1.54) is 0 Å². The number of nitrogens with zero attached hydrogens (tertiary/aromatic N) is 1. The van der Waals surface area contributed by atoms with Crippen LogP contribution in [0, 0.1) is 11.3 Å². The number of nitrogens with two attached hydrogens (primary N) is 1. The molecular weight excluding hydrogens is 224 g/mol. The van der Waals surface area contributed by atoms with Gasteiger partial charge in [0.15, 0.2) is 0 Å². The van der Waals surface area contributed by atoms with Crippen molar-refractivity contribution < 1.29 is 4.74 Å². The maximum atomic E-state index is 8.65. The van der Waals surface area contributed by atoms with E-state index in [2.05, 4.69) is 0 Å². The normalized spacial score (nSPS) is 11.6. The predicted molar refractivity (Wildman–Crippen MR) is 70.3 cm³/mol. The number of para-hydroxylation sites is 1. The molecule has 0 bridgehead atoms. The molecule has 0 fully saturated rings. The molecule has 0 radical (unpaired) electrons. The zero-order valence-electron chi connectivity index (χ0n) is 9.91. The average Bonchev–Trinajstić information content (AvgIpc) is 2.42. The fourth-order valence-corrected chi connectivity index (χ4v) is 1.62. The Morgan fingerprint density at radius 2 is 1.61 bits per heavy atom. The van der Waals surface area contributed by atoms with Gasteiger partial charge in [0.1, 0.15) is 11.5 Å². The Kier molecular flexibility index (Phi) is 3.95. The lowest BCUT2D eigenvalue weighted by Crippen LogP contribution is -2.19. The summed E-state index contributed by atoms with van der Waals surface area (Å²) < 4.78 is 5.67. The van der Waals surface area contributed by atoms with Gasteiger partial charge in [-0.2, -0.15) is 5.26 Å². The van der Waals surface area contributed by atoms with E-state index in [1.54, 1.807) is 0 Å². The Balaban J connectivity index is 2.02.